The standard InChI is InChI=1S/C8H16N2O/c1-3-8(11)10-5-4-9-6-7(10)2/h7,9H,3-6H2,1-2H3. The minimum Gasteiger partial charge on any atom is -0.337 e. The van der Waals surface area contributed by atoms with Crippen LogP contribution in [0.4, 0.5) is 0 Å². The highest BCUT2D eigenvalue weighted by Crippen LogP contribution is 2.03. The molecule has 1 unspecified atom stereocenters. The van der Waals surface area contributed by atoms with Crippen LogP contribution in [-0.2, 0) is 4.79 Å². The number of amides is 1. The predicted molar refractivity (Wildman–Crippen MR) is 44.3 cm³/mol. The molecule has 1 heterocycles. The summed E-state index contributed by atoms with van der Waals surface area (Å²) < 4.78 is 0. The highest BCUT2D eigenvalue weighted by atomic mass is 16.2. The first-order valence-corrected chi connectivity index (χ1v) is 4.26. The molecule has 1 aliphatic heterocycles. The van der Waals surface area contributed by atoms with Crippen LogP contribution in [0.25, 0.3) is 0 Å². The molecule has 1 aliphatic rings. The van der Waals surface area contributed by atoms with Gasteiger partial charge in [0.25, 0.3) is 0 Å². The molecular formula is C8H16N2O. The Hall–Kier alpha value is -0.570. The zero-order valence-corrected chi connectivity index (χ0v) is 7.26. The smallest absolute Gasteiger partial charge is 0.222 e. The van der Waals surface area contributed by atoms with Crippen molar-refractivity contribution < 1.29 is 4.79 Å². The Bertz CT molecular complexity index is 147. The average Bonchev–Trinajstić information content (AvgIpc) is 2.04. The number of nitrogens with one attached hydrogen (secondary N) is 1. The lowest BCUT2D eigenvalue weighted by molar-refractivity contribution is -0.133. The first kappa shape index (κ1) is 8.53. The fourth-order valence-corrected chi connectivity index (χ4v) is 1.41. The molecule has 0 aromatic heterocycles. The summed E-state index contributed by atoms with van der Waals surface area (Å²) in [6.07, 6.45) is 0.629. The molecule has 1 N–H and O–H groups in total. The molecule has 0 saturated carbocycles. The van der Waals surface area contributed by atoms with Crippen LogP contribution in [-0.4, -0.2) is 36.5 Å². The highest BCUT2D eigenvalue weighted by molar-refractivity contribution is 5.76. The van der Waals surface area contributed by atoms with E-state index in [9.17, 15) is 4.79 Å². The second kappa shape index (κ2) is 3.72. The summed E-state index contributed by atoms with van der Waals surface area (Å²) in [6.45, 7) is 6.74. The minimum absolute atomic E-state index is 0.277. The van der Waals surface area contributed by atoms with Gasteiger partial charge in [0.1, 0.15) is 0 Å². The number of hydrogen-bond donors (Lipinski definition) is 1. The van der Waals surface area contributed by atoms with Crippen LogP contribution < -0.4 is 5.32 Å². The molecular weight excluding hydrogens is 140 g/mol. The number of rotatable bonds is 1. The molecule has 3 nitrogen and oxygen atoms in total. The van der Waals surface area contributed by atoms with Gasteiger partial charge >= 0.3 is 0 Å². The van der Waals surface area contributed by atoms with Gasteiger partial charge in [-0.2, -0.15) is 0 Å². The molecule has 1 saturated heterocycles. The summed E-state index contributed by atoms with van der Waals surface area (Å²) in [5.41, 5.74) is 0. The zero-order valence-electron chi connectivity index (χ0n) is 7.26. The summed E-state index contributed by atoms with van der Waals surface area (Å²) in [5, 5.41) is 3.25. The lowest BCUT2D eigenvalue weighted by Gasteiger charge is -2.33. The Balaban J connectivity index is 2.47. The van der Waals surface area contributed by atoms with Gasteiger partial charge in [0.15, 0.2) is 0 Å². The summed E-state index contributed by atoms with van der Waals surface area (Å²) in [7, 11) is 0. The maximum Gasteiger partial charge on any atom is 0.222 e. The summed E-state index contributed by atoms with van der Waals surface area (Å²) in [4.78, 5) is 13.2. The van der Waals surface area contributed by atoms with Gasteiger partial charge in [0.05, 0.1) is 0 Å². The van der Waals surface area contributed by atoms with Gasteiger partial charge in [-0.05, 0) is 6.92 Å². The molecule has 0 radical (unpaired) electrons. The van der Waals surface area contributed by atoms with Crippen LogP contribution >= 0.6 is 0 Å². The lowest BCUT2D eigenvalue weighted by atomic mass is 10.2. The van der Waals surface area contributed by atoms with Gasteiger partial charge in [0, 0.05) is 32.1 Å². The van der Waals surface area contributed by atoms with Gasteiger partial charge in [-0.15, -0.1) is 0 Å². The third kappa shape index (κ3) is 1.93. The summed E-state index contributed by atoms with van der Waals surface area (Å²) in [6, 6.07) is 0.371. The van der Waals surface area contributed by atoms with Crippen molar-refractivity contribution in [3.8, 4) is 0 Å². The van der Waals surface area contributed by atoms with Gasteiger partial charge in [-0.3, -0.25) is 4.79 Å². The first-order valence-electron chi connectivity index (χ1n) is 4.26. The van der Waals surface area contributed by atoms with Crippen LogP contribution in [0.2, 0.25) is 0 Å². The van der Waals surface area contributed by atoms with Crippen LogP contribution in [0, 0.1) is 0 Å². The van der Waals surface area contributed by atoms with Crippen molar-refractivity contribution in [1.82, 2.24) is 10.2 Å². The summed E-state index contributed by atoms with van der Waals surface area (Å²) in [5.74, 6) is 0.277. The third-order valence-corrected chi connectivity index (χ3v) is 2.12. The van der Waals surface area contributed by atoms with E-state index in [1.807, 2.05) is 11.8 Å². The normalized spacial score (nSPS) is 25.3. The van der Waals surface area contributed by atoms with E-state index in [1.54, 1.807) is 0 Å². The van der Waals surface area contributed by atoms with E-state index < -0.39 is 0 Å². The molecule has 0 aliphatic carbocycles. The van der Waals surface area contributed by atoms with Crippen molar-refractivity contribution in [2.45, 2.75) is 26.3 Å². The lowest BCUT2D eigenvalue weighted by Crippen LogP contribution is -2.52. The Kier molecular flexibility index (Phi) is 2.88. The van der Waals surface area contributed by atoms with Crippen molar-refractivity contribution in [3.63, 3.8) is 0 Å². The predicted octanol–water partition coefficient (Wildman–Crippen LogP) is 0.217. The minimum atomic E-state index is 0.277. The van der Waals surface area contributed by atoms with E-state index in [2.05, 4.69) is 12.2 Å². The molecule has 3 heteroatoms. The van der Waals surface area contributed by atoms with E-state index in [1.165, 1.54) is 0 Å². The second-order valence-electron chi connectivity index (χ2n) is 2.99. The number of carbonyl (C=O) groups excluding carboxylic acids is 1. The van der Waals surface area contributed by atoms with Crippen molar-refractivity contribution in [2.24, 2.45) is 0 Å². The molecule has 1 atom stereocenters. The quantitative estimate of drug-likeness (QED) is 0.589. The van der Waals surface area contributed by atoms with Crippen LogP contribution in [0.3, 0.4) is 0 Å². The Morgan fingerprint density at radius 2 is 2.45 bits per heavy atom. The number of nitrogens with zero attached hydrogens (tertiary/aromatic N) is 1. The van der Waals surface area contributed by atoms with Gasteiger partial charge in [-0.25, -0.2) is 0 Å². The Morgan fingerprint density at radius 3 is 3.00 bits per heavy atom. The largest absolute Gasteiger partial charge is 0.337 e. The molecule has 1 fully saturated rings. The van der Waals surface area contributed by atoms with E-state index >= 15 is 0 Å². The Morgan fingerprint density at radius 1 is 1.73 bits per heavy atom. The van der Waals surface area contributed by atoms with Gasteiger partial charge < -0.3 is 10.2 Å². The maximum atomic E-state index is 11.3. The van der Waals surface area contributed by atoms with E-state index in [4.69, 9.17) is 0 Å². The number of piperazine rings is 1. The van der Waals surface area contributed by atoms with Crippen LogP contribution in [0.15, 0.2) is 0 Å². The van der Waals surface area contributed by atoms with Crippen molar-refractivity contribution in [2.75, 3.05) is 19.6 Å². The number of hydrogen-bond acceptors (Lipinski definition) is 2. The number of carbonyl (C=O) groups is 1. The van der Waals surface area contributed by atoms with Gasteiger partial charge in [-0.1, -0.05) is 6.92 Å². The van der Waals surface area contributed by atoms with E-state index in [-0.39, 0.29) is 5.91 Å². The van der Waals surface area contributed by atoms with Crippen molar-refractivity contribution in [1.29, 1.82) is 0 Å². The molecule has 0 bridgehead atoms. The zero-order chi connectivity index (χ0) is 8.27. The maximum absolute atomic E-state index is 11.3. The molecule has 1 rings (SSSR count). The van der Waals surface area contributed by atoms with Gasteiger partial charge in [0.2, 0.25) is 5.91 Å². The van der Waals surface area contributed by atoms with E-state index in [0.29, 0.717) is 12.5 Å². The summed E-state index contributed by atoms with van der Waals surface area (Å²) >= 11 is 0. The average molecular weight is 156 g/mol. The Labute approximate surface area is 67.8 Å². The molecule has 1 amide bonds. The molecule has 0 aromatic rings. The van der Waals surface area contributed by atoms with Crippen molar-refractivity contribution in [3.05, 3.63) is 0 Å². The topological polar surface area (TPSA) is 32.3 Å². The highest BCUT2D eigenvalue weighted by Gasteiger charge is 2.20. The molecule has 11 heavy (non-hydrogen) atoms. The van der Waals surface area contributed by atoms with Crippen LogP contribution in [0.5, 0.6) is 0 Å². The monoisotopic (exact) mass is 156 g/mol. The van der Waals surface area contributed by atoms with E-state index in [0.717, 1.165) is 19.6 Å². The SMILES string of the molecule is CCC(=O)N1CCNCC1C. The van der Waals surface area contributed by atoms with Crippen LogP contribution in [0.1, 0.15) is 20.3 Å². The first-order chi connectivity index (χ1) is 5.25. The van der Waals surface area contributed by atoms with Crippen molar-refractivity contribution >= 4 is 5.91 Å². The third-order valence-electron chi connectivity index (χ3n) is 2.12. The molecule has 0 aromatic carbocycles. The molecule has 64 valence electrons. The molecule has 0 spiro atoms. The second-order valence-corrected chi connectivity index (χ2v) is 2.99. The fourth-order valence-electron chi connectivity index (χ4n) is 1.41. The fraction of sp³-hybridized carbons (Fsp3) is 0.875.